The predicted octanol–water partition coefficient (Wildman–Crippen LogP) is 0.829. The van der Waals surface area contributed by atoms with E-state index >= 15 is 0 Å². The lowest BCUT2D eigenvalue weighted by molar-refractivity contribution is -0.136. The summed E-state index contributed by atoms with van der Waals surface area (Å²) in [5, 5.41) is 5.28. The number of aryl methyl sites for hydroxylation is 1. The van der Waals surface area contributed by atoms with Gasteiger partial charge in [-0.2, -0.15) is 5.10 Å². The number of carbonyl (C=O) groups is 1. The van der Waals surface area contributed by atoms with Crippen LogP contribution in [-0.2, 0) is 16.6 Å². The number of anilines is 1. The lowest BCUT2D eigenvalue weighted by atomic mass is 9.93. The first kappa shape index (κ1) is 16.3. The molecule has 2 aromatic heterocycles. The van der Waals surface area contributed by atoms with Gasteiger partial charge in [0.15, 0.2) is 5.65 Å². The van der Waals surface area contributed by atoms with Gasteiger partial charge in [-0.3, -0.25) is 9.48 Å². The molecule has 0 spiro atoms. The lowest BCUT2D eigenvalue weighted by Crippen LogP contribution is -2.42. The van der Waals surface area contributed by atoms with E-state index in [1.54, 1.807) is 11.0 Å². The summed E-state index contributed by atoms with van der Waals surface area (Å²) in [6.07, 6.45) is 6.12. The second-order valence-electron chi connectivity index (χ2n) is 6.83. The number of hydrogen-bond acceptors (Lipinski definition) is 6. The number of rotatable bonds is 3. The molecule has 2 fully saturated rings. The van der Waals surface area contributed by atoms with Crippen LogP contribution in [0.1, 0.15) is 19.3 Å². The van der Waals surface area contributed by atoms with E-state index in [-0.39, 0.29) is 5.91 Å². The van der Waals surface area contributed by atoms with Crippen molar-refractivity contribution < 1.29 is 9.53 Å². The number of fused-ring (bicyclic) bond motifs is 1. The Hall–Kier alpha value is -2.22. The molecular weight excluding hydrogens is 320 g/mol. The Morgan fingerprint density at radius 2 is 1.96 bits per heavy atom. The first-order valence-corrected chi connectivity index (χ1v) is 8.95. The molecule has 2 aliphatic rings. The minimum Gasteiger partial charge on any atom is -0.378 e. The molecule has 0 radical (unpaired) electrons. The fourth-order valence-corrected chi connectivity index (χ4v) is 3.74. The molecule has 0 aromatic carbocycles. The number of carbonyl (C=O) groups excluding carboxylic acids is 1. The summed E-state index contributed by atoms with van der Waals surface area (Å²) in [4.78, 5) is 25.4. The van der Waals surface area contributed by atoms with E-state index in [0.717, 1.165) is 55.9 Å². The highest BCUT2D eigenvalue weighted by Crippen LogP contribution is 2.28. The average Bonchev–Trinajstić information content (AvgIpc) is 3.04. The summed E-state index contributed by atoms with van der Waals surface area (Å²) >= 11 is 0. The Morgan fingerprint density at radius 3 is 2.72 bits per heavy atom. The maximum absolute atomic E-state index is 12.4. The molecule has 4 rings (SSSR count). The quantitative estimate of drug-likeness (QED) is 0.821. The first-order valence-electron chi connectivity index (χ1n) is 8.95. The number of hydrogen-bond donors (Lipinski definition) is 0. The van der Waals surface area contributed by atoms with Gasteiger partial charge in [0.2, 0.25) is 5.91 Å². The second-order valence-corrected chi connectivity index (χ2v) is 6.83. The molecule has 2 aliphatic heterocycles. The highest BCUT2D eigenvalue weighted by Gasteiger charge is 2.26. The highest BCUT2D eigenvalue weighted by atomic mass is 16.5. The lowest BCUT2D eigenvalue weighted by Gasteiger charge is -2.34. The Balaban J connectivity index is 1.37. The molecule has 8 nitrogen and oxygen atoms in total. The third-order valence-electron chi connectivity index (χ3n) is 5.25. The van der Waals surface area contributed by atoms with Gasteiger partial charge >= 0.3 is 0 Å². The smallest absolute Gasteiger partial charge is 0.223 e. The Morgan fingerprint density at radius 1 is 1.20 bits per heavy atom. The zero-order valence-corrected chi connectivity index (χ0v) is 14.6. The third kappa shape index (κ3) is 3.30. The molecule has 0 unspecified atom stereocenters. The van der Waals surface area contributed by atoms with Crippen molar-refractivity contribution in [3.8, 4) is 0 Å². The van der Waals surface area contributed by atoms with Crippen molar-refractivity contribution in [3.63, 3.8) is 0 Å². The third-order valence-corrected chi connectivity index (χ3v) is 5.25. The fourth-order valence-electron chi connectivity index (χ4n) is 3.74. The number of morpholine rings is 1. The number of ether oxygens (including phenoxy) is 1. The summed E-state index contributed by atoms with van der Waals surface area (Å²) in [5.74, 6) is 1.69. The Bertz CT molecular complexity index is 747. The van der Waals surface area contributed by atoms with Crippen LogP contribution in [0.15, 0.2) is 12.5 Å². The molecule has 25 heavy (non-hydrogen) atoms. The second kappa shape index (κ2) is 6.95. The van der Waals surface area contributed by atoms with E-state index in [9.17, 15) is 4.79 Å². The minimum absolute atomic E-state index is 0.276. The molecule has 0 atom stereocenters. The standard InChI is InChI=1S/C17H24N6O2/c1-21-16-14(11-20-21)17(19-12-18-16)23-4-2-13(3-5-23)10-15(24)22-6-8-25-9-7-22/h11-13H,2-10H2,1H3. The molecule has 2 saturated heterocycles. The van der Waals surface area contributed by atoms with Gasteiger partial charge in [0.1, 0.15) is 12.1 Å². The molecule has 134 valence electrons. The van der Waals surface area contributed by atoms with Gasteiger partial charge in [0.05, 0.1) is 24.8 Å². The van der Waals surface area contributed by atoms with Crippen molar-refractivity contribution in [2.75, 3.05) is 44.3 Å². The van der Waals surface area contributed by atoms with Gasteiger partial charge < -0.3 is 14.5 Å². The minimum atomic E-state index is 0.276. The van der Waals surface area contributed by atoms with Crippen LogP contribution in [0, 0.1) is 5.92 Å². The monoisotopic (exact) mass is 344 g/mol. The highest BCUT2D eigenvalue weighted by molar-refractivity contribution is 5.86. The number of amides is 1. The maximum Gasteiger partial charge on any atom is 0.223 e. The SMILES string of the molecule is Cn1ncc2c(N3CCC(CC(=O)N4CCOCC4)CC3)ncnc21. The molecule has 0 N–H and O–H groups in total. The normalized spacial score (nSPS) is 19.6. The number of nitrogens with zero attached hydrogens (tertiary/aromatic N) is 6. The van der Waals surface area contributed by atoms with Crippen LogP contribution >= 0.6 is 0 Å². The van der Waals surface area contributed by atoms with E-state index in [1.807, 2.05) is 18.1 Å². The van der Waals surface area contributed by atoms with E-state index in [2.05, 4.69) is 20.0 Å². The van der Waals surface area contributed by atoms with Crippen molar-refractivity contribution in [1.82, 2.24) is 24.6 Å². The van der Waals surface area contributed by atoms with Gasteiger partial charge in [-0.25, -0.2) is 9.97 Å². The summed E-state index contributed by atoms with van der Waals surface area (Å²) in [5.41, 5.74) is 0.856. The van der Waals surface area contributed by atoms with Gasteiger partial charge in [-0.05, 0) is 18.8 Å². The van der Waals surface area contributed by atoms with Crippen molar-refractivity contribution in [3.05, 3.63) is 12.5 Å². The summed E-state index contributed by atoms with van der Waals surface area (Å²) in [6, 6.07) is 0. The first-order chi connectivity index (χ1) is 12.2. The van der Waals surface area contributed by atoms with Crippen molar-refractivity contribution in [2.45, 2.75) is 19.3 Å². The van der Waals surface area contributed by atoms with Crippen LogP contribution < -0.4 is 4.90 Å². The Kier molecular flexibility index (Phi) is 4.52. The van der Waals surface area contributed by atoms with Gasteiger partial charge in [-0.15, -0.1) is 0 Å². The maximum atomic E-state index is 12.4. The summed E-state index contributed by atoms with van der Waals surface area (Å²) in [7, 11) is 1.89. The van der Waals surface area contributed by atoms with E-state index in [0.29, 0.717) is 25.6 Å². The van der Waals surface area contributed by atoms with Gasteiger partial charge in [0, 0.05) is 39.6 Å². The van der Waals surface area contributed by atoms with Gasteiger partial charge in [-0.1, -0.05) is 0 Å². The van der Waals surface area contributed by atoms with Crippen LogP contribution in [0.2, 0.25) is 0 Å². The Labute approximate surface area is 146 Å². The molecule has 0 saturated carbocycles. The molecular formula is C17H24N6O2. The molecule has 1 amide bonds. The number of aromatic nitrogens is 4. The van der Waals surface area contributed by atoms with Crippen molar-refractivity contribution in [2.24, 2.45) is 13.0 Å². The molecule has 8 heteroatoms. The van der Waals surface area contributed by atoms with Crippen LogP contribution in [0.25, 0.3) is 11.0 Å². The molecule has 0 bridgehead atoms. The van der Waals surface area contributed by atoms with E-state index in [4.69, 9.17) is 4.74 Å². The molecule has 2 aromatic rings. The largest absolute Gasteiger partial charge is 0.378 e. The van der Waals surface area contributed by atoms with Crippen molar-refractivity contribution >= 4 is 22.8 Å². The van der Waals surface area contributed by atoms with Gasteiger partial charge in [0.25, 0.3) is 0 Å². The molecule has 4 heterocycles. The van der Waals surface area contributed by atoms with Crippen molar-refractivity contribution in [1.29, 1.82) is 0 Å². The number of piperidine rings is 1. The van der Waals surface area contributed by atoms with E-state index in [1.165, 1.54) is 0 Å². The van der Waals surface area contributed by atoms with E-state index < -0.39 is 0 Å². The zero-order valence-electron chi connectivity index (χ0n) is 14.6. The average molecular weight is 344 g/mol. The zero-order chi connectivity index (χ0) is 17.2. The van der Waals surface area contributed by atoms with Crippen LogP contribution in [-0.4, -0.2) is 69.9 Å². The fraction of sp³-hybridized carbons (Fsp3) is 0.647. The summed E-state index contributed by atoms with van der Waals surface area (Å²) < 4.78 is 7.09. The van der Waals surface area contributed by atoms with Crippen LogP contribution in [0.4, 0.5) is 5.82 Å². The van der Waals surface area contributed by atoms with Crippen LogP contribution in [0.3, 0.4) is 0 Å². The van der Waals surface area contributed by atoms with Crippen LogP contribution in [0.5, 0.6) is 0 Å². The predicted molar refractivity (Wildman–Crippen MR) is 93.3 cm³/mol. The topological polar surface area (TPSA) is 76.4 Å². The molecule has 0 aliphatic carbocycles. The summed E-state index contributed by atoms with van der Waals surface area (Å²) in [6.45, 7) is 4.64.